The minimum absolute atomic E-state index is 0.0705. The van der Waals surface area contributed by atoms with Gasteiger partial charge in [-0.25, -0.2) is 0 Å². The number of rotatable bonds is 3. The summed E-state index contributed by atoms with van der Waals surface area (Å²) in [5, 5.41) is 6.92. The molecule has 7 nitrogen and oxygen atoms in total. The first-order valence-corrected chi connectivity index (χ1v) is 8.45. The molecule has 2 fully saturated rings. The van der Waals surface area contributed by atoms with Crippen molar-refractivity contribution >= 4 is 23.8 Å². The number of amides is 2. The Morgan fingerprint density at radius 1 is 1.21 bits per heavy atom. The maximum Gasteiger partial charge on any atom is 0.268 e. The Kier molecular flexibility index (Phi) is 3.84. The van der Waals surface area contributed by atoms with Gasteiger partial charge in [-0.05, 0) is 25.0 Å². The van der Waals surface area contributed by atoms with Crippen LogP contribution in [-0.4, -0.2) is 52.7 Å². The van der Waals surface area contributed by atoms with E-state index >= 15 is 0 Å². The molecule has 1 aromatic rings. The van der Waals surface area contributed by atoms with Crippen LogP contribution in [0.15, 0.2) is 35.4 Å². The van der Waals surface area contributed by atoms with Crippen LogP contribution in [0.2, 0.25) is 0 Å². The van der Waals surface area contributed by atoms with Crippen molar-refractivity contribution in [1.82, 2.24) is 15.2 Å². The van der Waals surface area contributed by atoms with Gasteiger partial charge in [-0.3, -0.25) is 15.0 Å². The third-order valence-electron chi connectivity index (χ3n) is 5.05. The van der Waals surface area contributed by atoms with Gasteiger partial charge in [0.2, 0.25) is 5.91 Å². The average Bonchev–Trinajstić information content (AvgIpc) is 3.10. The molecule has 1 saturated heterocycles. The second kappa shape index (κ2) is 6.14. The molecule has 0 bridgehead atoms. The van der Waals surface area contributed by atoms with Crippen molar-refractivity contribution in [3.8, 4) is 0 Å². The number of carbonyl (C=O) groups excluding carboxylic acids is 2. The summed E-state index contributed by atoms with van der Waals surface area (Å²) >= 11 is 0. The molecule has 2 heterocycles. The Hall–Kier alpha value is -2.57. The largest absolute Gasteiger partial charge is 0.327 e. The van der Waals surface area contributed by atoms with E-state index in [4.69, 9.17) is 0 Å². The number of fused-ring (bicyclic) bond motifs is 3. The van der Waals surface area contributed by atoms with E-state index in [1.165, 1.54) is 0 Å². The zero-order valence-electron chi connectivity index (χ0n) is 13.4. The van der Waals surface area contributed by atoms with Crippen LogP contribution in [0.5, 0.6) is 0 Å². The quantitative estimate of drug-likeness (QED) is 0.867. The lowest BCUT2D eigenvalue weighted by Crippen LogP contribution is -2.68. The highest BCUT2D eigenvalue weighted by atomic mass is 16.2. The molecule has 3 aliphatic rings. The number of anilines is 1. The van der Waals surface area contributed by atoms with Gasteiger partial charge < -0.3 is 15.1 Å². The predicted octanol–water partition coefficient (Wildman–Crippen LogP) is 0.953. The van der Waals surface area contributed by atoms with Crippen LogP contribution in [0, 0.1) is 0 Å². The van der Waals surface area contributed by atoms with Crippen molar-refractivity contribution in [3.63, 3.8) is 0 Å². The average molecular weight is 327 g/mol. The van der Waals surface area contributed by atoms with Crippen molar-refractivity contribution in [3.05, 3.63) is 30.3 Å². The predicted molar refractivity (Wildman–Crippen MR) is 90.1 cm³/mol. The Balaban J connectivity index is 1.50. The lowest BCUT2D eigenvalue weighted by atomic mass is 9.85. The van der Waals surface area contributed by atoms with Gasteiger partial charge in [0, 0.05) is 5.69 Å². The van der Waals surface area contributed by atoms with Crippen molar-refractivity contribution < 1.29 is 9.59 Å². The van der Waals surface area contributed by atoms with E-state index in [1.807, 2.05) is 35.2 Å². The Bertz CT molecular complexity index is 662. The maximum atomic E-state index is 12.8. The molecule has 126 valence electrons. The van der Waals surface area contributed by atoms with Gasteiger partial charge in [-0.15, -0.1) is 0 Å². The van der Waals surface area contributed by atoms with Crippen molar-refractivity contribution in [2.45, 2.75) is 43.9 Å². The first-order valence-electron chi connectivity index (χ1n) is 8.45. The molecule has 3 atom stereocenters. The van der Waals surface area contributed by atoms with Crippen molar-refractivity contribution in [2.75, 3.05) is 11.9 Å². The third-order valence-corrected chi connectivity index (χ3v) is 5.05. The fraction of sp³-hybridized carbons (Fsp3) is 0.471. The van der Waals surface area contributed by atoms with Gasteiger partial charge in [-0.2, -0.15) is 5.10 Å². The number of piperazine rings is 1. The van der Waals surface area contributed by atoms with Crippen LogP contribution in [-0.2, 0) is 9.59 Å². The SMILES string of the molecule is O=C(CN1C(=O)C2NN=CN2C2CCCCC21)Nc1ccccc1. The summed E-state index contributed by atoms with van der Waals surface area (Å²) in [7, 11) is 0. The summed E-state index contributed by atoms with van der Waals surface area (Å²) in [6, 6.07) is 9.64. The first kappa shape index (κ1) is 15.0. The minimum atomic E-state index is -0.464. The zero-order valence-corrected chi connectivity index (χ0v) is 13.4. The molecular formula is C17H21N5O2. The molecule has 4 rings (SSSR count). The fourth-order valence-corrected chi connectivity index (χ4v) is 3.96. The van der Waals surface area contributed by atoms with E-state index in [0.29, 0.717) is 0 Å². The summed E-state index contributed by atoms with van der Waals surface area (Å²) in [6.07, 6.45) is 5.47. The summed E-state index contributed by atoms with van der Waals surface area (Å²) in [5.74, 6) is -0.231. The number of carbonyl (C=O) groups is 2. The lowest BCUT2D eigenvalue weighted by molar-refractivity contribution is -0.151. The summed E-state index contributed by atoms with van der Waals surface area (Å²) in [5.41, 5.74) is 3.61. The number of para-hydroxylation sites is 1. The minimum Gasteiger partial charge on any atom is -0.327 e. The Labute approximate surface area is 140 Å². The number of benzene rings is 1. The molecule has 0 aromatic heterocycles. The topological polar surface area (TPSA) is 77.0 Å². The second-order valence-corrected chi connectivity index (χ2v) is 6.52. The van der Waals surface area contributed by atoms with Gasteiger partial charge >= 0.3 is 0 Å². The molecule has 1 saturated carbocycles. The van der Waals surface area contributed by atoms with E-state index in [2.05, 4.69) is 15.8 Å². The number of nitrogens with one attached hydrogen (secondary N) is 2. The van der Waals surface area contributed by atoms with E-state index < -0.39 is 6.17 Å². The van der Waals surface area contributed by atoms with Crippen LogP contribution in [0.1, 0.15) is 25.7 Å². The highest BCUT2D eigenvalue weighted by molar-refractivity contribution is 5.96. The summed E-state index contributed by atoms with van der Waals surface area (Å²) < 4.78 is 0. The van der Waals surface area contributed by atoms with Crippen LogP contribution in [0.4, 0.5) is 5.69 Å². The Morgan fingerprint density at radius 2 is 1.96 bits per heavy atom. The molecule has 24 heavy (non-hydrogen) atoms. The molecule has 0 radical (unpaired) electrons. The number of hydrogen-bond acceptors (Lipinski definition) is 5. The van der Waals surface area contributed by atoms with Gasteiger partial charge in [0.15, 0.2) is 6.17 Å². The van der Waals surface area contributed by atoms with Crippen molar-refractivity contribution in [1.29, 1.82) is 0 Å². The summed E-state index contributed by atoms with van der Waals surface area (Å²) in [4.78, 5) is 29.0. The zero-order chi connectivity index (χ0) is 16.5. The van der Waals surface area contributed by atoms with Crippen LogP contribution in [0.3, 0.4) is 0 Å². The van der Waals surface area contributed by atoms with E-state index in [9.17, 15) is 9.59 Å². The normalized spacial score (nSPS) is 28.2. The van der Waals surface area contributed by atoms with Crippen molar-refractivity contribution in [2.24, 2.45) is 5.10 Å². The molecule has 2 amide bonds. The van der Waals surface area contributed by atoms with Crippen LogP contribution in [0.25, 0.3) is 0 Å². The molecule has 2 aliphatic heterocycles. The Morgan fingerprint density at radius 3 is 2.75 bits per heavy atom. The highest BCUT2D eigenvalue weighted by Crippen LogP contribution is 2.33. The summed E-state index contributed by atoms with van der Waals surface area (Å²) in [6.45, 7) is 0.0842. The molecule has 7 heteroatoms. The molecule has 3 unspecified atom stereocenters. The smallest absolute Gasteiger partial charge is 0.268 e. The lowest BCUT2D eigenvalue weighted by Gasteiger charge is -2.50. The van der Waals surface area contributed by atoms with Gasteiger partial charge in [-0.1, -0.05) is 31.0 Å². The highest BCUT2D eigenvalue weighted by Gasteiger charge is 2.48. The molecular weight excluding hydrogens is 306 g/mol. The molecule has 1 aliphatic carbocycles. The fourth-order valence-electron chi connectivity index (χ4n) is 3.96. The molecule has 2 N–H and O–H groups in total. The third kappa shape index (κ3) is 2.60. The standard InChI is InChI=1S/C17H21N5O2/c23-15(19-12-6-2-1-3-7-12)10-21-13-8-4-5-9-14(13)22-11-18-20-16(22)17(21)24/h1-3,6-7,11,13-14,16,20H,4-5,8-10H2,(H,19,23). The monoisotopic (exact) mass is 327 g/mol. The van der Waals surface area contributed by atoms with Gasteiger partial charge in [0.25, 0.3) is 5.91 Å². The first-order chi connectivity index (χ1) is 11.7. The number of hydrazone groups is 1. The van der Waals surface area contributed by atoms with E-state index in [0.717, 1.165) is 31.4 Å². The van der Waals surface area contributed by atoms with E-state index in [1.54, 1.807) is 11.2 Å². The van der Waals surface area contributed by atoms with Gasteiger partial charge in [0.05, 0.1) is 12.1 Å². The van der Waals surface area contributed by atoms with E-state index in [-0.39, 0.29) is 30.4 Å². The van der Waals surface area contributed by atoms with Gasteiger partial charge in [0.1, 0.15) is 12.9 Å². The maximum absolute atomic E-state index is 12.8. The number of nitrogens with zero attached hydrogens (tertiary/aromatic N) is 3. The molecule has 1 aromatic carbocycles. The molecule has 0 spiro atoms. The van der Waals surface area contributed by atoms with Crippen LogP contribution < -0.4 is 10.7 Å². The number of hydrogen-bond donors (Lipinski definition) is 2. The van der Waals surface area contributed by atoms with Crippen LogP contribution >= 0.6 is 0 Å². The second-order valence-electron chi connectivity index (χ2n) is 6.52.